The van der Waals surface area contributed by atoms with E-state index in [4.69, 9.17) is 5.73 Å². The van der Waals surface area contributed by atoms with Gasteiger partial charge in [-0.1, -0.05) is 30.3 Å². The SMILES string of the molecule is Cl.Nc1nc2ccccc2n1-c1ccccc1-c1ccc[nH]c1=O. The number of nitrogen functional groups attached to an aromatic ring is 1. The van der Waals surface area contributed by atoms with E-state index in [1.165, 1.54) is 0 Å². The lowest BCUT2D eigenvalue weighted by Crippen LogP contribution is -2.10. The van der Waals surface area contributed by atoms with Crippen LogP contribution in [0.5, 0.6) is 0 Å². The summed E-state index contributed by atoms with van der Waals surface area (Å²) in [5, 5.41) is 0. The van der Waals surface area contributed by atoms with Crippen LogP contribution in [0.2, 0.25) is 0 Å². The maximum Gasteiger partial charge on any atom is 0.255 e. The highest BCUT2D eigenvalue weighted by atomic mass is 35.5. The quantitative estimate of drug-likeness (QED) is 0.588. The van der Waals surface area contributed by atoms with Crippen molar-refractivity contribution in [2.75, 3.05) is 5.73 Å². The van der Waals surface area contributed by atoms with Gasteiger partial charge in [-0.3, -0.25) is 9.36 Å². The lowest BCUT2D eigenvalue weighted by atomic mass is 10.1. The van der Waals surface area contributed by atoms with Crippen LogP contribution in [0.1, 0.15) is 0 Å². The smallest absolute Gasteiger partial charge is 0.255 e. The van der Waals surface area contributed by atoms with Crippen molar-refractivity contribution in [2.45, 2.75) is 0 Å². The second-order valence-electron chi connectivity index (χ2n) is 5.22. The first-order chi connectivity index (χ1) is 11.3. The number of hydrogen-bond acceptors (Lipinski definition) is 3. The number of aromatic nitrogens is 3. The van der Waals surface area contributed by atoms with Gasteiger partial charge >= 0.3 is 0 Å². The highest BCUT2D eigenvalue weighted by molar-refractivity contribution is 5.85. The van der Waals surface area contributed by atoms with E-state index in [1.54, 1.807) is 12.3 Å². The average molecular weight is 339 g/mol. The number of para-hydroxylation sites is 3. The van der Waals surface area contributed by atoms with E-state index >= 15 is 0 Å². The zero-order valence-electron chi connectivity index (χ0n) is 12.6. The molecule has 0 aliphatic rings. The van der Waals surface area contributed by atoms with Crippen LogP contribution in [0.4, 0.5) is 5.95 Å². The predicted octanol–water partition coefficient (Wildman–Crippen LogP) is 3.38. The number of nitrogens with two attached hydrogens (primary N) is 1. The van der Waals surface area contributed by atoms with E-state index in [1.807, 2.05) is 59.2 Å². The highest BCUT2D eigenvalue weighted by Crippen LogP contribution is 2.29. The molecule has 0 unspecified atom stereocenters. The van der Waals surface area contributed by atoms with Gasteiger partial charge < -0.3 is 10.7 Å². The summed E-state index contributed by atoms with van der Waals surface area (Å²) in [6, 6.07) is 19.0. The van der Waals surface area contributed by atoms with Crippen LogP contribution in [0, 0.1) is 0 Å². The number of H-pyrrole nitrogens is 1. The van der Waals surface area contributed by atoms with Gasteiger partial charge in [0.2, 0.25) is 5.95 Å². The lowest BCUT2D eigenvalue weighted by Gasteiger charge is -2.12. The Morgan fingerprint density at radius 1 is 0.917 bits per heavy atom. The minimum absolute atomic E-state index is 0. The van der Waals surface area contributed by atoms with Gasteiger partial charge in [0.1, 0.15) is 0 Å². The number of hydrogen-bond donors (Lipinski definition) is 2. The molecule has 3 N–H and O–H groups in total. The summed E-state index contributed by atoms with van der Waals surface area (Å²) in [5.41, 5.74) is 9.96. The van der Waals surface area contributed by atoms with E-state index in [9.17, 15) is 4.79 Å². The van der Waals surface area contributed by atoms with Gasteiger partial charge in [0.15, 0.2) is 0 Å². The fourth-order valence-corrected chi connectivity index (χ4v) is 2.83. The molecule has 24 heavy (non-hydrogen) atoms. The van der Waals surface area contributed by atoms with Crippen LogP contribution in [-0.2, 0) is 0 Å². The third-order valence-corrected chi connectivity index (χ3v) is 3.84. The molecule has 5 nitrogen and oxygen atoms in total. The van der Waals surface area contributed by atoms with Crippen molar-refractivity contribution in [3.8, 4) is 16.8 Å². The Hall–Kier alpha value is -3.05. The topological polar surface area (TPSA) is 76.7 Å². The van der Waals surface area contributed by atoms with Gasteiger partial charge in [-0.2, -0.15) is 0 Å². The zero-order chi connectivity index (χ0) is 15.8. The van der Waals surface area contributed by atoms with Crippen LogP contribution in [-0.4, -0.2) is 14.5 Å². The van der Waals surface area contributed by atoms with Crippen LogP contribution in [0.3, 0.4) is 0 Å². The number of fused-ring (bicyclic) bond motifs is 1. The van der Waals surface area contributed by atoms with Crippen molar-refractivity contribution in [3.63, 3.8) is 0 Å². The summed E-state index contributed by atoms with van der Waals surface area (Å²) < 4.78 is 1.87. The number of aromatic amines is 1. The van der Waals surface area contributed by atoms with Crippen LogP contribution >= 0.6 is 12.4 Å². The van der Waals surface area contributed by atoms with E-state index in [0.29, 0.717) is 11.5 Å². The lowest BCUT2D eigenvalue weighted by molar-refractivity contribution is 1.11. The molecule has 2 aromatic heterocycles. The number of halogens is 1. The Morgan fingerprint density at radius 3 is 2.46 bits per heavy atom. The number of nitrogens with zero attached hydrogens (tertiary/aromatic N) is 2. The normalized spacial score (nSPS) is 10.5. The van der Waals surface area contributed by atoms with E-state index in [2.05, 4.69) is 9.97 Å². The van der Waals surface area contributed by atoms with Gasteiger partial charge in [0, 0.05) is 17.3 Å². The maximum atomic E-state index is 12.2. The second kappa shape index (κ2) is 6.22. The summed E-state index contributed by atoms with van der Waals surface area (Å²) in [7, 11) is 0. The Bertz CT molecular complexity index is 1070. The molecular formula is C18H15ClN4O. The third-order valence-electron chi connectivity index (χ3n) is 3.84. The predicted molar refractivity (Wildman–Crippen MR) is 98.8 cm³/mol. The van der Waals surface area contributed by atoms with Crippen molar-refractivity contribution in [2.24, 2.45) is 0 Å². The van der Waals surface area contributed by atoms with E-state index in [0.717, 1.165) is 22.3 Å². The molecule has 0 spiro atoms. The van der Waals surface area contributed by atoms with Crippen molar-refractivity contribution in [1.29, 1.82) is 0 Å². The third kappa shape index (κ3) is 2.45. The largest absolute Gasteiger partial charge is 0.369 e. The molecular weight excluding hydrogens is 324 g/mol. The molecule has 0 fully saturated rings. The number of rotatable bonds is 2. The minimum Gasteiger partial charge on any atom is -0.369 e. The molecule has 4 rings (SSSR count). The minimum atomic E-state index is -0.136. The highest BCUT2D eigenvalue weighted by Gasteiger charge is 2.14. The molecule has 4 aromatic rings. The maximum absolute atomic E-state index is 12.2. The molecule has 0 radical (unpaired) electrons. The first kappa shape index (κ1) is 15.8. The summed E-state index contributed by atoms with van der Waals surface area (Å²) in [5.74, 6) is 0.394. The zero-order valence-corrected chi connectivity index (χ0v) is 13.5. The molecule has 2 aromatic carbocycles. The molecule has 0 amide bonds. The van der Waals surface area contributed by atoms with E-state index < -0.39 is 0 Å². The molecule has 0 saturated carbocycles. The van der Waals surface area contributed by atoms with Gasteiger partial charge in [0.25, 0.3) is 5.56 Å². The number of nitrogens with one attached hydrogen (secondary N) is 1. The van der Waals surface area contributed by atoms with Crippen LogP contribution in [0.15, 0.2) is 71.7 Å². The summed E-state index contributed by atoms with van der Waals surface area (Å²) in [6.45, 7) is 0. The first-order valence-corrected chi connectivity index (χ1v) is 7.26. The summed E-state index contributed by atoms with van der Waals surface area (Å²) >= 11 is 0. The van der Waals surface area contributed by atoms with Crippen molar-refractivity contribution in [3.05, 3.63) is 77.2 Å². The second-order valence-corrected chi connectivity index (χ2v) is 5.22. The van der Waals surface area contributed by atoms with Crippen molar-refractivity contribution in [1.82, 2.24) is 14.5 Å². The van der Waals surface area contributed by atoms with Gasteiger partial charge in [0.05, 0.1) is 16.7 Å². The molecule has 2 heterocycles. The summed E-state index contributed by atoms with van der Waals surface area (Å²) in [4.78, 5) is 19.3. The fourth-order valence-electron chi connectivity index (χ4n) is 2.83. The Morgan fingerprint density at radius 2 is 1.62 bits per heavy atom. The van der Waals surface area contributed by atoms with Crippen LogP contribution < -0.4 is 11.3 Å². The van der Waals surface area contributed by atoms with Gasteiger partial charge in [-0.15, -0.1) is 12.4 Å². The monoisotopic (exact) mass is 338 g/mol. The molecule has 0 bridgehead atoms. The van der Waals surface area contributed by atoms with Crippen molar-refractivity contribution < 1.29 is 0 Å². The molecule has 6 heteroatoms. The number of imidazole rings is 1. The summed E-state index contributed by atoms with van der Waals surface area (Å²) in [6.07, 6.45) is 1.62. The number of pyridine rings is 1. The average Bonchev–Trinajstić information content (AvgIpc) is 2.91. The Balaban J connectivity index is 0.00000169. The molecule has 0 saturated heterocycles. The van der Waals surface area contributed by atoms with Crippen LogP contribution in [0.25, 0.3) is 27.8 Å². The van der Waals surface area contributed by atoms with E-state index in [-0.39, 0.29) is 18.0 Å². The fraction of sp³-hybridized carbons (Fsp3) is 0. The van der Waals surface area contributed by atoms with Gasteiger partial charge in [-0.25, -0.2) is 4.98 Å². The first-order valence-electron chi connectivity index (χ1n) is 7.26. The van der Waals surface area contributed by atoms with Crippen molar-refractivity contribution >= 4 is 29.4 Å². The number of benzene rings is 2. The Kier molecular flexibility index (Phi) is 4.10. The molecule has 0 aliphatic heterocycles. The standard InChI is InChI=1S/C18H14N4O.ClH/c19-18-21-14-8-2-4-10-16(14)22(18)15-9-3-1-6-12(15)13-7-5-11-20-17(13)23;/h1-11H,(H2,19,21)(H,20,23);1H. The Labute approximate surface area is 144 Å². The molecule has 120 valence electrons. The van der Waals surface area contributed by atoms with Gasteiger partial charge in [-0.05, 0) is 30.3 Å². The molecule has 0 aliphatic carbocycles. The number of anilines is 1. The molecule has 0 atom stereocenters.